The molecule has 0 spiro atoms. The average Bonchev–Trinajstić information content (AvgIpc) is 3.02. The van der Waals surface area contributed by atoms with Crippen LogP contribution < -0.4 is 69.7 Å². The summed E-state index contributed by atoms with van der Waals surface area (Å²) in [5.74, 6) is 0. The van der Waals surface area contributed by atoms with Crippen LogP contribution in [-0.4, -0.2) is 158 Å². The summed E-state index contributed by atoms with van der Waals surface area (Å²) < 4.78 is 96.8. The van der Waals surface area contributed by atoms with Crippen LogP contribution in [0.4, 0.5) is 11.4 Å². The Hall–Kier alpha value is -0.590. The van der Waals surface area contributed by atoms with Crippen LogP contribution in [0, 0.1) is 0 Å². The van der Waals surface area contributed by atoms with E-state index in [1.54, 1.807) is 0 Å². The van der Waals surface area contributed by atoms with E-state index >= 15 is 0 Å². The van der Waals surface area contributed by atoms with Gasteiger partial charge in [-0.15, -0.1) is 0 Å². The number of aliphatic hydroxyl groups excluding tert-OH is 10. The Morgan fingerprint density at radius 1 is 0.490 bits per heavy atom. The van der Waals surface area contributed by atoms with Gasteiger partial charge in [0.05, 0.1) is 23.0 Å². The minimum atomic E-state index is -5.47. The molecule has 0 aromatic heterocycles. The molecule has 10 unspecified atom stereocenters. The molecular formula is C24H34N2Na2O18S3. The maximum atomic E-state index is 13.1. The van der Waals surface area contributed by atoms with Gasteiger partial charge in [0.2, 0.25) is 9.84 Å². The number of aliphatic hydroxyl groups is 10. The topological polar surface area (TPSA) is 375 Å². The van der Waals surface area contributed by atoms with Gasteiger partial charge in [-0.25, -0.2) is 25.3 Å². The van der Waals surface area contributed by atoms with Gasteiger partial charge in [0.15, 0.2) is 0 Å². The summed E-state index contributed by atoms with van der Waals surface area (Å²) >= 11 is 0. The molecule has 0 radical (unpaired) electrons. The quantitative estimate of drug-likeness (QED) is 0.0493. The van der Waals surface area contributed by atoms with E-state index in [0.29, 0.717) is 0 Å². The molecule has 0 aliphatic rings. The predicted molar refractivity (Wildman–Crippen MR) is 155 cm³/mol. The largest absolute Gasteiger partial charge is 1.00 e. The third kappa shape index (κ3) is 12.8. The van der Waals surface area contributed by atoms with Gasteiger partial charge >= 0.3 is 59.1 Å². The third-order valence-corrected chi connectivity index (χ3v) is 10.6. The zero-order valence-electron chi connectivity index (χ0n) is 25.8. The molecule has 49 heavy (non-hydrogen) atoms. The Kier molecular flexibility index (Phi) is 19.8. The maximum Gasteiger partial charge on any atom is 1.00 e. The van der Waals surface area contributed by atoms with Crippen LogP contribution >= 0.6 is 0 Å². The second-order valence-electron chi connectivity index (χ2n) is 10.1. The summed E-state index contributed by atoms with van der Waals surface area (Å²) in [6.07, 6.45) is -18.5. The number of sulfone groups is 1. The molecule has 0 amide bonds. The van der Waals surface area contributed by atoms with Gasteiger partial charge in [-0.05, 0) is 48.5 Å². The van der Waals surface area contributed by atoms with Gasteiger partial charge in [0.1, 0.15) is 79.8 Å². The van der Waals surface area contributed by atoms with Crippen molar-refractivity contribution in [3.63, 3.8) is 0 Å². The molecule has 2 rings (SSSR count). The molecule has 0 saturated heterocycles. The third-order valence-electron chi connectivity index (χ3n) is 6.75. The summed E-state index contributed by atoms with van der Waals surface area (Å²) in [5.41, 5.74) is -0.530. The van der Waals surface area contributed by atoms with Crippen molar-refractivity contribution in [1.82, 2.24) is 0 Å². The van der Waals surface area contributed by atoms with Gasteiger partial charge in [-0.2, -0.15) is 0 Å². The van der Waals surface area contributed by atoms with Crippen molar-refractivity contribution in [2.45, 2.75) is 69.4 Å². The minimum absolute atomic E-state index is 0. The molecule has 0 fully saturated rings. The molecule has 0 aliphatic heterocycles. The standard InChI is InChI=1S/C24H36N2O18S3.2Na/c27-9-15(29)17(31)19(33)21(35)23(46(39,40)41)25-11-1-5-13(6-2-11)45(37,38)14-7-3-12(4-8-14)26-24(47(42,43)44)22(36)20(34)18(32)16(30)10-28;;/h1-8,15-36H,9-10H2,(H,39,40,41)(H,42,43,44);;/q;2*+1/p-2. The summed E-state index contributed by atoms with van der Waals surface area (Å²) in [4.78, 5) is -0.829. The molecule has 0 aliphatic carbocycles. The molecule has 0 saturated carbocycles. The Balaban J connectivity index is 0.0000115. The van der Waals surface area contributed by atoms with Gasteiger partial charge in [0.25, 0.3) is 0 Å². The van der Waals surface area contributed by atoms with Crippen molar-refractivity contribution in [3.8, 4) is 0 Å². The fraction of sp³-hybridized carbons (Fsp3) is 0.500. The molecule has 20 nitrogen and oxygen atoms in total. The van der Waals surface area contributed by atoms with Crippen molar-refractivity contribution < 1.29 is 145 Å². The molecule has 0 heterocycles. The number of hydrogen-bond donors (Lipinski definition) is 12. The summed E-state index contributed by atoms with van der Waals surface area (Å²) in [5, 5.41) is 95.6. The smallest absolute Gasteiger partial charge is 0.746 e. The van der Waals surface area contributed by atoms with E-state index in [-0.39, 0.29) is 70.5 Å². The minimum Gasteiger partial charge on any atom is -0.746 e. The zero-order valence-corrected chi connectivity index (χ0v) is 32.2. The van der Waals surface area contributed by atoms with Gasteiger partial charge in [-0.1, -0.05) is 0 Å². The number of hydrogen-bond acceptors (Lipinski definition) is 20. The average molecular weight is 781 g/mol. The molecular weight excluding hydrogens is 746 g/mol. The first kappa shape index (κ1) is 48.4. The summed E-state index contributed by atoms with van der Waals surface area (Å²) in [6, 6.07) is 7.64. The van der Waals surface area contributed by atoms with Crippen LogP contribution in [-0.2, 0) is 30.1 Å². The van der Waals surface area contributed by atoms with Crippen molar-refractivity contribution in [3.05, 3.63) is 48.5 Å². The van der Waals surface area contributed by atoms with Crippen LogP contribution in [0.3, 0.4) is 0 Å². The summed E-state index contributed by atoms with van der Waals surface area (Å²) in [6.45, 7) is -2.16. The van der Waals surface area contributed by atoms with Crippen LogP contribution in [0.5, 0.6) is 0 Å². The van der Waals surface area contributed by atoms with E-state index in [2.05, 4.69) is 10.6 Å². The Bertz CT molecular complexity index is 1520. The van der Waals surface area contributed by atoms with Crippen LogP contribution in [0.25, 0.3) is 0 Å². The van der Waals surface area contributed by atoms with E-state index in [1.165, 1.54) is 0 Å². The van der Waals surface area contributed by atoms with Crippen molar-refractivity contribution in [2.24, 2.45) is 0 Å². The van der Waals surface area contributed by atoms with Crippen molar-refractivity contribution in [1.29, 1.82) is 0 Å². The first-order valence-electron chi connectivity index (χ1n) is 13.1. The fourth-order valence-electron chi connectivity index (χ4n) is 4.02. The maximum absolute atomic E-state index is 13.1. The van der Waals surface area contributed by atoms with E-state index in [4.69, 9.17) is 10.2 Å². The molecule has 268 valence electrons. The fourth-order valence-corrected chi connectivity index (χ4v) is 6.84. The van der Waals surface area contributed by atoms with Crippen LogP contribution in [0.2, 0.25) is 0 Å². The van der Waals surface area contributed by atoms with Gasteiger partial charge in [-0.3, -0.25) is 0 Å². The SMILES string of the molecule is O=S(=O)(c1ccc(NC(C(O)C(O)C(O)C(O)CO)S(=O)(=O)[O-])cc1)c1ccc(NC(C(O)C(O)C(O)C(O)CO)S(=O)(=O)[O-])cc1.[Na+].[Na+]. The molecule has 2 aromatic carbocycles. The molecule has 2 aromatic rings. The van der Waals surface area contributed by atoms with Gasteiger partial charge in [0, 0.05) is 11.4 Å². The number of benzene rings is 2. The van der Waals surface area contributed by atoms with Crippen molar-refractivity contribution >= 4 is 41.4 Å². The van der Waals surface area contributed by atoms with E-state index < -0.39 is 113 Å². The number of anilines is 2. The molecule has 10 atom stereocenters. The number of nitrogens with one attached hydrogen (secondary N) is 2. The summed E-state index contributed by atoms with van der Waals surface area (Å²) in [7, 11) is -15.3. The van der Waals surface area contributed by atoms with Gasteiger partial charge < -0.3 is 70.8 Å². The first-order valence-corrected chi connectivity index (χ1v) is 17.5. The van der Waals surface area contributed by atoms with E-state index in [9.17, 15) is 75.2 Å². The van der Waals surface area contributed by atoms with E-state index in [0.717, 1.165) is 48.5 Å². The van der Waals surface area contributed by atoms with Crippen molar-refractivity contribution in [2.75, 3.05) is 23.8 Å². The van der Waals surface area contributed by atoms with Crippen LogP contribution in [0.15, 0.2) is 58.3 Å². The zero-order chi connectivity index (χ0) is 36.1. The Morgan fingerprint density at radius 3 is 0.980 bits per heavy atom. The molecule has 25 heteroatoms. The normalized spacial score (nSPS) is 18.5. The predicted octanol–water partition coefficient (Wildman–Crippen LogP) is -12.0. The Labute approximate surface area is 325 Å². The number of rotatable bonds is 18. The van der Waals surface area contributed by atoms with E-state index in [1.807, 2.05) is 0 Å². The Morgan fingerprint density at radius 2 is 0.755 bits per heavy atom. The molecule has 12 N–H and O–H groups in total. The molecule has 0 bridgehead atoms. The van der Waals surface area contributed by atoms with Crippen LogP contribution in [0.1, 0.15) is 0 Å². The first-order chi connectivity index (χ1) is 21.6. The second-order valence-corrected chi connectivity index (χ2v) is 15.0. The monoisotopic (exact) mass is 780 g/mol. The second kappa shape index (κ2) is 20.0.